The largest absolute Gasteiger partial charge is 0.481 e. The summed E-state index contributed by atoms with van der Waals surface area (Å²) in [4.78, 5) is 33.3. The molecule has 7 heteroatoms. The van der Waals surface area contributed by atoms with Crippen LogP contribution in [-0.2, 0) is 0 Å². The first-order valence-corrected chi connectivity index (χ1v) is 6.98. The predicted molar refractivity (Wildman–Crippen MR) is 78.9 cm³/mol. The fraction of sp³-hybridized carbons (Fsp3) is 0.500. The second kappa shape index (κ2) is 5.33. The molecule has 0 unspecified atom stereocenters. The van der Waals surface area contributed by atoms with E-state index in [-0.39, 0.29) is 6.04 Å². The molecule has 112 valence electrons. The third kappa shape index (κ3) is 2.44. The molecule has 0 bridgehead atoms. The summed E-state index contributed by atoms with van der Waals surface area (Å²) in [6, 6.07) is 3.38. The summed E-state index contributed by atoms with van der Waals surface area (Å²) in [5.41, 5.74) is -0.112. The SMILES string of the molecule is COc1ccc2[nH]c(=O)c(=O)n(C3CCN(C)CC3)c2n1. The molecule has 21 heavy (non-hydrogen) atoms. The van der Waals surface area contributed by atoms with E-state index >= 15 is 0 Å². The van der Waals surface area contributed by atoms with E-state index in [2.05, 4.69) is 21.9 Å². The van der Waals surface area contributed by atoms with E-state index < -0.39 is 11.1 Å². The van der Waals surface area contributed by atoms with Gasteiger partial charge in [-0.25, -0.2) is 0 Å². The van der Waals surface area contributed by atoms with Gasteiger partial charge in [0.1, 0.15) is 0 Å². The zero-order chi connectivity index (χ0) is 15.0. The molecule has 1 aliphatic rings. The van der Waals surface area contributed by atoms with E-state index in [0.717, 1.165) is 25.9 Å². The number of rotatable bonds is 2. The van der Waals surface area contributed by atoms with Gasteiger partial charge in [0.25, 0.3) is 0 Å². The Hall–Kier alpha value is -2.15. The van der Waals surface area contributed by atoms with Gasteiger partial charge in [0.05, 0.1) is 12.6 Å². The Kier molecular flexibility index (Phi) is 3.50. The molecule has 0 atom stereocenters. The van der Waals surface area contributed by atoms with Crippen LogP contribution in [0.2, 0.25) is 0 Å². The number of aromatic nitrogens is 3. The van der Waals surface area contributed by atoms with Crippen molar-refractivity contribution in [3.8, 4) is 5.88 Å². The van der Waals surface area contributed by atoms with Crippen LogP contribution in [0.5, 0.6) is 5.88 Å². The molecule has 1 saturated heterocycles. The summed E-state index contributed by atoms with van der Waals surface area (Å²) in [7, 11) is 3.58. The van der Waals surface area contributed by atoms with Crippen LogP contribution in [0.4, 0.5) is 0 Å². The lowest BCUT2D eigenvalue weighted by Gasteiger charge is -2.30. The van der Waals surface area contributed by atoms with E-state index in [9.17, 15) is 9.59 Å². The van der Waals surface area contributed by atoms with Crippen LogP contribution < -0.4 is 15.9 Å². The van der Waals surface area contributed by atoms with Crippen molar-refractivity contribution in [2.75, 3.05) is 27.2 Å². The Labute approximate surface area is 121 Å². The molecule has 7 nitrogen and oxygen atoms in total. The lowest BCUT2D eigenvalue weighted by molar-refractivity contribution is 0.220. The number of nitrogens with zero attached hydrogens (tertiary/aromatic N) is 3. The molecule has 0 aromatic carbocycles. The van der Waals surface area contributed by atoms with Gasteiger partial charge >= 0.3 is 11.1 Å². The van der Waals surface area contributed by atoms with Gasteiger partial charge in [-0.1, -0.05) is 0 Å². The Morgan fingerprint density at radius 2 is 2.00 bits per heavy atom. The quantitative estimate of drug-likeness (QED) is 0.808. The summed E-state index contributed by atoms with van der Waals surface area (Å²) in [6.45, 7) is 1.80. The van der Waals surface area contributed by atoms with Crippen molar-refractivity contribution in [3.63, 3.8) is 0 Å². The van der Waals surface area contributed by atoms with E-state index in [1.54, 1.807) is 12.1 Å². The number of likely N-dealkylation sites (tertiary alicyclic amines) is 1. The van der Waals surface area contributed by atoms with E-state index in [1.165, 1.54) is 11.7 Å². The molecule has 2 aromatic rings. The highest BCUT2D eigenvalue weighted by atomic mass is 16.5. The number of ether oxygens (including phenoxy) is 1. The van der Waals surface area contributed by atoms with Crippen molar-refractivity contribution in [1.29, 1.82) is 0 Å². The molecule has 2 aromatic heterocycles. The molecule has 3 heterocycles. The van der Waals surface area contributed by atoms with E-state index in [4.69, 9.17) is 4.74 Å². The van der Waals surface area contributed by atoms with Crippen LogP contribution in [0, 0.1) is 0 Å². The molecule has 0 aliphatic carbocycles. The maximum atomic E-state index is 12.3. The minimum atomic E-state index is -0.603. The molecule has 0 saturated carbocycles. The van der Waals surface area contributed by atoms with E-state index in [1.807, 2.05) is 0 Å². The summed E-state index contributed by atoms with van der Waals surface area (Å²) in [6.07, 6.45) is 1.65. The number of nitrogens with one attached hydrogen (secondary N) is 1. The highest BCUT2D eigenvalue weighted by Crippen LogP contribution is 2.23. The molecular formula is C14H18N4O3. The summed E-state index contributed by atoms with van der Waals surface area (Å²) in [5.74, 6) is 0.427. The third-order valence-electron chi connectivity index (χ3n) is 4.00. The fourth-order valence-electron chi connectivity index (χ4n) is 2.80. The van der Waals surface area contributed by atoms with Gasteiger partial charge in [0.15, 0.2) is 5.65 Å². The van der Waals surface area contributed by atoms with Crippen molar-refractivity contribution >= 4 is 11.2 Å². The Morgan fingerprint density at radius 1 is 1.29 bits per heavy atom. The van der Waals surface area contributed by atoms with Gasteiger partial charge < -0.3 is 14.6 Å². The van der Waals surface area contributed by atoms with E-state index in [0.29, 0.717) is 17.0 Å². The minimum Gasteiger partial charge on any atom is -0.481 e. The average Bonchev–Trinajstić information content (AvgIpc) is 2.49. The smallest absolute Gasteiger partial charge is 0.318 e. The second-order valence-corrected chi connectivity index (χ2v) is 5.39. The average molecular weight is 290 g/mol. The molecule has 1 N–H and O–H groups in total. The molecule has 0 amide bonds. The van der Waals surface area contributed by atoms with Crippen molar-refractivity contribution in [2.45, 2.75) is 18.9 Å². The number of piperidine rings is 1. The predicted octanol–water partition coefficient (Wildman–Crippen LogP) is 0.360. The van der Waals surface area contributed by atoms with Crippen molar-refractivity contribution < 1.29 is 4.74 Å². The van der Waals surface area contributed by atoms with Crippen LogP contribution in [0.1, 0.15) is 18.9 Å². The van der Waals surface area contributed by atoms with Crippen LogP contribution in [0.3, 0.4) is 0 Å². The van der Waals surface area contributed by atoms with Gasteiger partial charge in [-0.15, -0.1) is 0 Å². The first-order chi connectivity index (χ1) is 10.1. The standard InChI is InChI=1S/C14H18N4O3/c1-17-7-5-9(6-8-17)18-12-10(15-13(19)14(18)20)3-4-11(16-12)21-2/h3-4,9H,5-8H2,1-2H3,(H,15,19). The monoisotopic (exact) mass is 290 g/mol. The topological polar surface area (TPSA) is 80.2 Å². The summed E-state index contributed by atoms with van der Waals surface area (Å²) < 4.78 is 6.66. The van der Waals surface area contributed by atoms with Crippen LogP contribution in [-0.4, -0.2) is 46.7 Å². The number of hydrogen-bond donors (Lipinski definition) is 1. The molecule has 0 radical (unpaired) electrons. The van der Waals surface area contributed by atoms with Gasteiger partial charge in [0, 0.05) is 12.1 Å². The van der Waals surface area contributed by atoms with Crippen LogP contribution in [0.25, 0.3) is 11.2 Å². The molecule has 0 spiro atoms. The van der Waals surface area contributed by atoms with Crippen molar-refractivity contribution in [3.05, 3.63) is 32.8 Å². The summed E-state index contributed by atoms with van der Waals surface area (Å²) in [5, 5.41) is 0. The third-order valence-corrected chi connectivity index (χ3v) is 4.00. The zero-order valence-electron chi connectivity index (χ0n) is 12.1. The van der Waals surface area contributed by atoms with Crippen molar-refractivity contribution in [2.24, 2.45) is 0 Å². The number of hydrogen-bond acceptors (Lipinski definition) is 5. The fourth-order valence-corrected chi connectivity index (χ4v) is 2.80. The molecule has 3 rings (SSSR count). The summed E-state index contributed by atoms with van der Waals surface area (Å²) >= 11 is 0. The van der Waals surface area contributed by atoms with Crippen LogP contribution >= 0.6 is 0 Å². The lowest BCUT2D eigenvalue weighted by atomic mass is 10.1. The lowest BCUT2D eigenvalue weighted by Crippen LogP contribution is -2.42. The molecular weight excluding hydrogens is 272 g/mol. The van der Waals surface area contributed by atoms with Crippen LogP contribution in [0.15, 0.2) is 21.7 Å². The van der Waals surface area contributed by atoms with Gasteiger partial charge in [-0.3, -0.25) is 14.2 Å². The normalized spacial score (nSPS) is 17.2. The number of aromatic amines is 1. The first-order valence-electron chi connectivity index (χ1n) is 6.98. The minimum absolute atomic E-state index is 0.00175. The Morgan fingerprint density at radius 3 is 2.67 bits per heavy atom. The zero-order valence-corrected chi connectivity index (χ0v) is 12.1. The first kappa shape index (κ1) is 13.8. The van der Waals surface area contributed by atoms with Gasteiger partial charge in [-0.05, 0) is 39.0 Å². The number of H-pyrrole nitrogens is 1. The second-order valence-electron chi connectivity index (χ2n) is 5.39. The Bertz CT molecular complexity index is 772. The number of methoxy groups -OCH3 is 1. The number of pyridine rings is 1. The van der Waals surface area contributed by atoms with Gasteiger partial charge in [0.2, 0.25) is 5.88 Å². The van der Waals surface area contributed by atoms with Crippen molar-refractivity contribution in [1.82, 2.24) is 19.4 Å². The number of fused-ring (bicyclic) bond motifs is 1. The highest BCUT2D eigenvalue weighted by molar-refractivity contribution is 5.70. The van der Waals surface area contributed by atoms with Gasteiger partial charge in [-0.2, -0.15) is 4.98 Å². The maximum Gasteiger partial charge on any atom is 0.318 e. The molecule has 1 fully saturated rings. The maximum absolute atomic E-state index is 12.3. The molecule has 1 aliphatic heterocycles. The Balaban J connectivity index is 2.21. The highest BCUT2D eigenvalue weighted by Gasteiger charge is 2.22.